The summed E-state index contributed by atoms with van der Waals surface area (Å²) >= 11 is 11.0. The van der Waals surface area contributed by atoms with Crippen LogP contribution in [0.5, 0.6) is 0 Å². The molecule has 0 unspecified atom stereocenters. The number of hydrogen-bond acceptors (Lipinski definition) is 1. The number of nitrogens with one attached hydrogen (secondary N) is 1. The van der Waals surface area contributed by atoms with Crippen molar-refractivity contribution in [3.63, 3.8) is 0 Å². The molecule has 0 aliphatic carbocycles. The SMILES string of the molecule is Cc1cccc(NC(Cl)Cl)c1. The van der Waals surface area contributed by atoms with Crippen LogP contribution in [0.3, 0.4) is 0 Å². The molecule has 3 heteroatoms. The van der Waals surface area contributed by atoms with E-state index in [1.165, 1.54) is 5.56 Å². The Hall–Kier alpha value is -0.400. The van der Waals surface area contributed by atoms with Gasteiger partial charge in [-0.2, -0.15) is 0 Å². The number of aryl methyl sites for hydroxylation is 1. The average molecular weight is 190 g/mol. The maximum atomic E-state index is 5.52. The van der Waals surface area contributed by atoms with Gasteiger partial charge in [-0.1, -0.05) is 35.3 Å². The Labute approximate surface area is 76.3 Å². The number of anilines is 1. The molecular formula is C8H9Cl2N. The normalized spacial score (nSPS) is 10.2. The van der Waals surface area contributed by atoms with Crippen LogP contribution in [0.25, 0.3) is 0 Å². The molecule has 0 aliphatic rings. The summed E-state index contributed by atoms with van der Waals surface area (Å²) in [5.74, 6) is 0. The number of alkyl halides is 2. The Morgan fingerprint density at radius 2 is 2.09 bits per heavy atom. The molecule has 0 saturated carbocycles. The summed E-state index contributed by atoms with van der Waals surface area (Å²) < 4.78 is 0. The molecule has 0 amide bonds. The van der Waals surface area contributed by atoms with E-state index in [0.717, 1.165) is 5.69 Å². The molecule has 60 valence electrons. The monoisotopic (exact) mass is 189 g/mol. The van der Waals surface area contributed by atoms with Gasteiger partial charge < -0.3 is 5.32 Å². The highest BCUT2D eigenvalue weighted by Gasteiger charge is 1.96. The molecule has 0 bridgehead atoms. The fourth-order valence-electron chi connectivity index (χ4n) is 0.861. The van der Waals surface area contributed by atoms with Crippen LogP contribution >= 0.6 is 23.2 Å². The lowest BCUT2D eigenvalue weighted by Gasteiger charge is -2.06. The Kier molecular flexibility index (Phi) is 3.03. The molecule has 0 fully saturated rings. The van der Waals surface area contributed by atoms with Crippen LogP contribution in [0.1, 0.15) is 5.56 Å². The molecule has 1 nitrogen and oxygen atoms in total. The first-order valence-electron chi connectivity index (χ1n) is 3.30. The molecule has 1 aromatic carbocycles. The lowest BCUT2D eigenvalue weighted by atomic mass is 10.2. The van der Waals surface area contributed by atoms with Crippen molar-refractivity contribution in [1.82, 2.24) is 0 Å². The van der Waals surface area contributed by atoms with Crippen molar-refractivity contribution < 1.29 is 0 Å². The van der Waals surface area contributed by atoms with Crippen LogP contribution in [0, 0.1) is 6.92 Å². The third kappa shape index (κ3) is 3.00. The Bertz CT molecular complexity index is 235. The van der Waals surface area contributed by atoms with Crippen molar-refractivity contribution in [2.45, 2.75) is 11.9 Å². The smallest absolute Gasteiger partial charge is 0.177 e. The highest BCUT2D eigenvalue weighted by atomic mass is 35.5. The summed E-state index contributed by atoms with van der Waals surface area (Å²) in [4.78, 5) is -0.545. The van der Waals surface area contributed by atoms with Crippen molar-refractivity contribution >= 4 is 28.9 Å². The summed E-state index contributed by atoms with van der Waals surface area (Å²) in [5.41, 5.74) is 2.13. The molecule has 1 aromatic rings. The maximum Gasteiger partial charge on any atom is 0.177 e. The third-order valence-corrected chi connectivity index (χ3v) is 1.51. The van der Waals surface area contributed by atoms with E-state index >= 15 is 0 Å². The van der Waals surface area contributed by atoms with Gasteiger partial charge in [0, 0.05) is 5.69 Å². The minimum Gasteiger partial charge on any atom is -0.357 e. The van der Waals surface area contributed by atoms with E-state index in [9.17, 15) is 0 Å². The minimum atomic E-state index is -0.545. The van der Waals surface area contributed by atoms with Crippen LogP contribution in [-0.2, 0) is 0 Å². The van der Waals surface area contributed by atoms with Gasteiger partial charge in [0.25, 0.3) is 0 Å². The van der Waals surface area contributed by atoms with E-state index in [1.54, 1.807) is 0 Å². The van der Waals surface area contributed by atoms with Crippen LogP contribution < -0.4 is 5.32 Å². The average Bonchev–Trinajstić information content (AvgIpc) is 1.85. The van der Waals surface area contributed by atoms with Crippen molar-refractivity contribution in [2.24, 2.45) is 0 Å². The summed E-state index contributed by atoms with van der Waals surface area (Å²) in [6.45, 7) is 2.02. The van der Waals surface area contributed by atoms with Crippen LogP contribution in [0.2, 0.25) is 0 Å². The van der Waals surface area contributed by atoms with Crippen molar-refractivity contribution in [3.05, 3.63) is 29.8 Å². The molecule has 0 aromatic heterocycles. The molecule has 1 N–H and O–H groups in total. The lowest BCUT2D eigenvalue weighted by molar-refractivity contribution is 1.34. The third-order valence-electron chi connectivity index (χ3n) is 1.29. The summed E-state index contributed by atoms with van der Waals surface area (Å²) in [5, 5.41) is 2.88. The van der Waals surface area contributed by atoms with Gasteiger partial charge in [-0.3, -0.25) is 0 Å². The van der Waals surface area contributed by atoms with Crippen LogP contribution in [0.4, 0.5) is 5.69 Å². The van der Waals surface area contributed by atoms with Gasteiger partial charge in [-0.05, 0) is 24.6 Å². The predicted molar refractivity (Wildman–Crippen MR) is 50.3 cm³/mol. The highest BCUT2D eigenvalue weighted by molar-refractivity contribution is 6.45. The van der Waals surface area contributed by atoms with Crippen molar-refractivity contribution in [3.8, 4) is 0 Å². The Balaban J connectivity index is 2.71. The standard InChI is InChI=1S/C8H9Cl2N/c1-6-3-2-4-7(5-6)11-8(9)10/h2-5,8,11H,1H3. The second kappa shape index (κ2) is 3.84. The van der Waals surface area contributed by atoms with E-state index in [-0.39, 0.29) is 0 Å². The molecular weight excluding hydrogens is 181 g/mol. The lowest BCUT2D eigenvalue weighted by Crippen LogP contribution is -2.03. The predicted octanol–water partition coefficient (Wildman–Crippen LogP) is 3.17. The number of benzene rings is 1. The fourth-order valence-corrected chi connectivity index (χ4v) is 1.11. The number of rotatable bonds is 2. The van der Waals surface area contributed by atoms with E-state index in [0.29, 0.717) is 0 Å². The van der Waals surface area contributed by atoms with Gasteiger partial charge in [0.2, 0.25) is 0 Å². The van der Waals surface area contributed by atoms with E-state index in [1.807, 2.05) is 31.2 Å². The largest absolute Gasteiger partial charge is 0.357 e. The van der Waals surface area contributed by atoms with Gasteiger partial charge in [-0.15, -0.1) is 0 Å². The molecule has 0 saturated heterocycles. The second-order valence-electron chi connectivity index (χ2n) is 2.31. The van der Waals surface area contributed by atoms with Crippen molar-refractivity contribution in [2.75, 3.05) is 5.32 Å². The van der Waals surface area contributed by atoms with Crippen LogP contribution in [0.15, 0.2) is 24.3 Å². The number of halogens is 2. The molecule has 0 atom stereocenters. The molecule has 0 radical (unpaired) electrons. The van der Waals surface area contributed by atoms with E-state index < -0.39 is 4.96 Å². The van der Waals surface area contributed by atoms with Gasteiger partial charge in [0.05, 0.1) is 0 Å². The van der Waals surface area contributed by atoms with Gasteiger partial charge >= 0.3 is 0 Å². The first-order valence-corrected chi connectivity index (χ1v) is 4.17. The van der Waals surface area contributed by atoms with E-state index in [4.69, 9.17) is 23.2 Å². The van der Waals surface area contributed by atoms with Gasteiger partial charge in [0.15, 0.2) is 4.96 Å². The topological polar surface area (TPSA) is 12.0 Å². The minimum absolute atomic E-state index is 0.545. The first kappa shape index (κ1) is 8.69. The zero-order chi connectivity index (χ0) is 8.27. The molecule has 1 rings (SSSR count). The second-order valence-corrected chi connectivity index (χ2v) is 3.41. The van der Waals surface area contributed by atoms with Gasteiger partial charge in [-0.25, -0.2) is 0 Å². The zero-order valence-corrected chi connectivity index (χ0v) is 7.65. The Morgan fingerprint density at radius 1 is 1.36 bits per heavy atom. The maximum absolute atomic E-state index is 5.52. The summed E-state index contributed by atoms with van der Waals surface area (Å²) in [6, 6.07) is 7.87. The highest BCUT2D eigenvalue weighted by Crippen LogP contribution is 2.13. The molecule has 0 aliphatic heterocycles. The first-order chi connectivity index (χ1) is 5.18. The molecule has 0 heterocycles. The fraction of sp³-hybridized carbons (Fsp3) is 0.250. The molecule has 0 spiro atoms. The zero-order valence-electron chi connectivity index (χ0n) is 6.14. The number of hydrogen-bond donors (Lipinski definition) is 1. The van der Waals surface area contributed by atoms with Crippen LogP contribution in [-0.4, -0.2) is 4.96 Å². The van der Waals surface area contributed by atoms with Crippen molar-refractivity contribution in [1.29, 1.82) is 0 Å². The van der Waals surface area contributed by atoms with Gasteiger partial charge in [0.1, 0.15) is 0 Å². The van der Waals surface area contributed by atoms with E-state index in [2.05, 4.69) is 5.32 Å². The summed E-state index contributed by atoms with van der Waals surface area (Å²) in [7, 11) is 0. The quantitative estimate of drug-likeness (QED) is 0.557. The molecule has 11 heavy (non-hydrogen) atoms. The summed E-state index contributed by atoms with van der Waals surface area (Å²) in [6.07, 6.45) is 0. The Morgan fingerprint density at radius 3 is 2.64 bits per heavy atom.